The Morgan fingerprint density at radius 3 is 2.21 bits per heavy atom. The van der Waals surface area contributed by atoms with Crippen molar-refractivity contribution in [1.29, 1.82) is 0 Å². The fourth-order valence-corrected chi connectivity index (χ4v) is 5.63. The topological polar surface area (TPSA) is 75.6 Å². The van der Waals surface area contributed by atoms with Crippen LogP contribution in [-0.2, 0) is 9.53 Å². The zero-order chi connectivity index (χ0) is 19.3. The number of carbonyl (C=O) groups excluding carboxylic acids is 1. The second-order valence-corrected chi connectivity index (χ2v) is 8.19. The van der Waals surface area contributed by atoms with E-state index in [4.69, 9.17) is 4.74 Å². The molecule has 0 radical (unpaired) electrons. The third-order valence-electron chi connectivity index (χ3n) is 6.83. The highest BCUT2D eigenvalue weighted by Crippen LogP contribution is 2.49. The summed E-state index contributed by atoms with van der Waals surface area (Å²) in [6.45, 7) is 0.248. The van der Waals surface area contributed by atoms with E-state index in [-0.39, 0.29) is 30.4 Å². The van der Waals surface area contributed by atoms with Crippen molar-refractivity contribution >= 4 is 12.1 Å². The van der Waals surface area contributed by atoms with Crippen LogP contribution in [0, 0.1) is 17.8 Å². The van der Waals surface area contributed by atoms with Crippen molar-refractivity contribution in [3.63, 3.8) is 0 Å². The molecule has 0 unspecified atom stereocenters. The molecule has 5 rings (SSSR count). The molecule has 5 heteroatoms. The molecule has 3 aliphatic carbocycles. The lowest BCUT2D eigenvalue weighted by molar-refractivity contribution is -0.144. The zero-order valence-corrected chi connectivity index (χ0v) is 15.5. The van der Waals surface area contributed by atoms with Gasteiger partial charge in [0.2, 0.25) is 0 Å². The molecule has 5 nitrogen and oxygen atoms in total. The predicted molar refractivity (Wildman–Crippen MR) is 104 cm³/mol. The molecule has 1 amide bonds. The number of nitrogens with one attached hydrogen (secondary N) is 1. The highest BCUT2D eigenvalue weighted by Gasteiger charge is 2.51. The quantitative estimate of drug-likeness (QED) is 0.844. The van der Waals surface area contributed by atoms with E-state index in [1.807, 2.05) is 24.3 Å². The first-order valence-corrected chi connectivity index (χ1v) is 9.98. The van der Waals surface area contributed by atoms with Gasteiger partial charge in [-0.05, 0) is 53.4 Å². The molecule has 0 aliphatic heterocycles. The summed E-state index contributed by atoms with van der Waals surface area (Å²) in [7, 11) is 0. The van der Waals surface area contributed by atoms with Crippen LogP contribution in [0.4, 0.5) is 4.79 Å². The Balaban J connectivity index is 1.29. The van der Waals surface area contributed by atoms with Crippen LogP contribution in [0.3, 0.4) is 0 Å². The van der Waals surface area contributed by atoms with E-state index in [1.54, 1.807) is 0 Å². The molecule has 0 heterocycles. The molecule has 2 bridgehead atoms. The van der Waals surface area contributed by atoms with Crippen LogP contribution in [0.2, 0.25) is 0 Å². The van der Waals surface area contributed by atoms with Crippen molar-refractivity contribution in [3.05, 3.63) is 59.7 Å². The summed E-state index contributed by atoms with van der Waals surface area (Å²) in [6, 6.07) is 16.1. The molecule has 2 N–H and O–H groups in total. The Hall–Kier alpha value is -2.82. The van der Waals surface area contributed by atoms with Crippen molar-refractivity contribution in [2.75, 3.05) is 6.61 Å². The maximum atomic E-state index is 12.5. The Labute approximate surface area is 163 Å². The first kappa shape index (κ1) is 17.3. The van der Waals surface area contributed by atoms with E-state index in [0.29, 0.717) is 0 Å². The fourth-order valence-electron chi connectivity index (χ4n) is 5.63. The van der Waals surface area contributed by atoms with E-state index >= 15 is 0 Å². The van der Waals surface area contributed by atoms with Gasteiger partial charge in [0, 0.05) is 12.0 Å². The van der Waals surface area contributed by atoms with E-state index in [9.17, 15) is 14.7 Å². The molecule has 0 spiro atoms. The number of alkyl carbamates (subject to hydrolysis) is 1. The molecular formula is C23H23NO4. The van der Waals surface area contributed by atoms with Crippen LogP contribution in [0.25, 0.3) is 11.1 Å². The number of rotatable bonds is 4. The minimum atomic E-state index is -0.809. The van der Waals surface area contributed by atoms with Crippen LogP contribution < -0.4 is 5.32 Å². The summed E-state index contributed by atoms with van der Waals surface area (Å²) in [5, 5.41) is 12.4. The molecule has 3 aliphatic rings. The molecule has 2 aromatic rings. The van der Waals surface area contributed by atoms with Crippen molar-refractivity contribution in [1.82, 2.24) is 5.32 Å². The lowest BCUT2D eigenvalue weighted by Crippen LogP contribution is -2.47. The predicted octanol–water partition coefficient (Wildman–Crippen LogP) is 4.02. The van der Waals surface area contributed by atoms with Crippen molar-refractivity contribution in [3.8, 4) is 11.1 Å². The van der Waals surface area contributed by atoms with Gasteiger partial charge in [-0.1, -0.05) is 48.5 Å². The molecule has 2 fully saturated rings. The second kappa shape index (κ2) is 6.66. The maximum Gasteiger partial charge on any atom is 0.407 e. The standard InChI is InChI=1S/C23H23NO4/c25-22(26)20-13-9-10-14(11-13)21(20)24-23(27)28-12-19-17-7-3-1-5-15(17)16-6-2-4-8-18(16)19/h1-8,13-14,19-21H,9-12H2,(H,24,27)(H,25,26)/t13-,14+,20-,21+/m1/s1. The van der Waals surface area contributed by atoms with Crippen molar-refractivity contribution < 1.29 is 19.4 Å². The van der Waals surface area contributed by atoms with Gasteiger partial charge in [-0.25, -0.2) is 4.79 Å². The van der Waals surface area contributed by atoms with Gasteiger partial charge in [-0.15, -0.1) is 0 Å². The highest BCUT2D eigenvalue weighted by atomic mass is 16.5. The molecular weight excluding hydrogens is 354 g/mol. The van der Waals surface area contributed by atoms with Crippen LogP contribution >= 0.6 is 0 Å². The normalized spacial score (nSPS) is 27.3. The number of benzene rings is 2. The Morgan fingerprint density at radius 2 is 1.57 bits per heavy atom. The largest absolute Gasteiger partial charge is 0.481 e. The molecule has 0 aromatic heterocycles. The molecule has 4 atom stereocenters. The number of fused-ring (bicyclic) bond motifs is 5. The number of carboxylic acid groups (broad SMARTS) is 1. The lowest BCUT2D eigenvalue weighted by Gasteiger charge is -2.28. The first-order chi connectivity index (χ1) is 13.6. The van der Waals surface area contributed by atoms with E-state index in [2.05, 4.69) is 29.6 Å². The molecule has 2 aromatic carbocycles. The highest BCUT2D eigenvalue weighted by molar-refractivity contribution is 5.79. The van der Waals surface area contributed by atoms with E-state index < -0.39 is 18.0 Å². The van der Waals surface area contributed by atoms with Gasteiger partial charge in [0.05, 0.1) is 5.92 Å². The summed E-state index contributed by atoms with van der Waals surface area (Å²) in [5.41, 5.74) is 4.71. The fraction of sp³-hybridized carbons (Fsp3) is 0.391. The average Bonchev–Trinajstić information content (AvgIpc) is 3.38. The first-order valence-electron chi connectivity index (χ1n) is 9.98. The van der Waals surface area contributed by atoms with Gasteiger partial charge in [0.25, 0.3) is 0 Å². The summed E-state index contributed by atoms with van der Waals surface area (Å²) in [5.74, 6) is -0.850. The van der Waals surface area contributed by atoms with Gasteiger partial charge in [-0.3, -0.25) is 4.79 Å². The van der Waals surface area contributed by atoms with E-state index in [1.165, 1.54) is 22.3 Å². The van der Waals surface area contributed by atoms with Crippen molar-refractivity contribution in [2.24, 2.45) is 17.8 Å². The summed E-state index contributed by atoms with van der Waals surface area (Å²) >= 11 is 0. The number of ether oxygens (including phenoxy) is 1. The van der Waals surface area contributed by atoms with Gasteiger partial charge in [-0.2, -0.15) is 0 Å². The number of hydrogen-bond donors (Lipinski definition) is 2. The average molecular weight is 377 g/mol. The minimum Gasteiger partial charge on any atom is -0.481 e. The monoisotopic (exact) mass is 377 g/mol. The summed E-state index contributed by atoms with van der Waals surface area (Å²) in [6.07, 6.45) is 2.32. The summed E-state index contributed by atoms with van der Waals surface area (Å²) < 4.78 is 5.59. The van der Waals surface area contributed by atoms with Crippen LogP contribution in [0.1, 0.15) is 36.3 Å². The third-order valence-corrected chi connectivity index (χ3v) is 6.83. The number of carbonyl (C=O) groups is 2. The molecule has 2 saturated carbocycles. The van der Waals surface area contributed by atoms with E-state index in [0.717, 1.165) is 19.3 Å². The van der Waals surface area contributed by atoms with Gasteiger partial charge >= 0.3 is 12.1 Å². The Kier molecular flexibility index (Phi) is 4.11. The molecule has 144 valence electrons. The number of amides is 1. The zero-order valence-electron chi connectivity index (χ0n) is 15.5. The smallest absolute Gasteiger partial charge is 0.407 e. The van der Waals surface area contributed by atoms with Gasteiger partial charge in [0.15, 0.2) is 0 Å². The van der Waals surface area contributed by atoms with Gasteiger partial charge < -0.3 is 15.2 Å². The maximum absolute atomic E-state index is 12.5. The minimum absolute atomic E-state index is 0.00782. The number of carboxylic acids is 1. The van der Waals surface area contributed by atoms with Crippen LogP contribution in [0.15, 0.2) is 48.5 Å². The Morgan fingerprint density at radius 1 is 0.964 bits per heavy atom. The van der Waals surface area contributed by atoms with Crippen LogP contribution in [0.5, 0.6) is 0 Å². The molecule has 0 saturated heterocycles. The number of aliphatic carboxylic acids is 1. The SMILES string of the molecule is O=C(N[C@H]1[C@H]2CC[C@H](C2)[C@H]1C(=O)O)OCC1c2ccccc2-c2ccccc21. The van der Waals surface area contributed by atoms with Crippen molar-refractivity contribution in [2.45, 2.75) is 31.2 Å². The lowest BCUT2D eigenvalue weighted by atomic mass is 9.84. The Bertz CT molecular complexity index is 894. The number of hydrogen-bond acceptors (Lipinski definition) is 3. The third kappa shape index (κ3) is 2.68. The van der Waals surface area contributed by atoms with Gasteiger partial charge in [0.1, 0.15) is 6.61 Å². The molecule has 28 heavy (non-hydrogen) atoms. The summed E-state index contributed by atoms with van der Waals surface area (Å²) in [4.78, 5) is 24.1. The second-order valence-electron chi connectivity index (χ2n) is 8.19. The van der Waals surface area contributed by atoms with Crippen LogP contribution in [-0.4, -0.2) is 29.8 Å².